The first kappa shape index (κ1) is 33.9. The molecule has 0 aliphatic rings. The lowest BCUT2D eigenvalue weighted by Crippen LogP contribution is -2.20. The van der Waals surface area contributed by atoms with Gasteiger partial charge in [0.25, 0.3) is 0 Å². The molecule has 0 unspecified atom stereocenters. The molecular formula is C46H39IN2O4. The van der Waals surface area contributed by atoms with Crippen LogP contribution in [0.2, 0.25) is 0 Å². The molecule has 0 bridgehead atoms. The number of hydrogen-bond acceptors (Lipinski definition) is 4. The van der Waals surface area contributed by atoms with Gasteiger partial charge >= 0.3 is 0 Å². The SMILES string of the molecule is CC(C)(C)c1ccc2c(c1)c(=O)c1cc(I)cc3c(=O)c4c(ccc5c(=O)c6cc(C(C)(C)C)cc7c(=O)c8cc(C(C)(C)C)ccc8n(c76)c54)n2c13. The van der Waals surface area contributed by atoms with Gasteiger partial charge in [-0.2, -0.15) is 0 Å². The Morgan fingerprint density at radius 2 is 0.792 bits per heavy atom. The van der Waals surface area contributed by atoms with Crippen molar-refractivity contribution in [2.45, 2.75) is 78.6 Å². The Bertz CT molecular complexity index is 3370. The fourth-order valence-corrected chi connectivity index (χ4v) is 8.92. The first-order chi connectivity index (χ1) is 24.8. The standard InChI is InChI=1S/C46H39IN2O4/c1-44(2,3)22-10-13-33-27(16-22)42(52)31-20-25(47)21-32-37(31)48(33)35-15-12-26-39(36(35)43(32)53)49-34-14-11-23(45(4,5)6)17-28(34)41(51)30-19-24(46(7,8)9)18-29(38(30)49)40(26)50/h10-21H,1-9H3. The number of nitrogens with zero attached hydrogens (tertiary/aromatic N) is 2. The van der Waals surface area contributed by atoms with Gasteiger partial charge in [-0.05, 0) is 116 Å². The molecule has 9 aromatic rings. The maximum atomic E-state index is 15.2. The van der Waals surface area contributed by atoms with E-state index in [1.165, 1.54) is 0 Å². The van der Waals surface area contributed by atoms with Crippen molar-refractivity contribution >= 4 is 98.8 Å². The lowest BCUT2D eigenvalue weighted by Gasteiger charge is -2.24. The molecule has 0 aliphatic carbocycles. The predicted octanol–water partition coefficient (Wildman–Crippen LogP) is 9.92. The molecule has 0 spiro atoms. The summed E-state index contributed by atoms with van der Waals surface area (Å²) in [6, 6.07) is 23.2. The molecule has 7 heteroatoms. The minimum absolute atomic E-state index is 0.118. The molecule has 0 N–H and O–H groups in total. The number of rotatable bonds is 0. The van der Waals surface area contributed by atoms with Gasteiger partial charge in [-0.3, -0.25) is 19.2 Å². The molecule has 9 rings (SSSR count). The summed E-state index contributed by atoms with van der Waals surface area (Å²) in [7, 11) is 0. The fraction of sp³-hybridized carbons (Fsp3) is 0.261. The average Bonchev–Trinajstić information content (AvgIpc) is 3.09. The van der Waals surface area contributed by atoms with Crippen molar-refractivity contribution in [2.24, 2.45) is 0 Å². The summed E-state index contributed by atoms with van der Waals surface area (Å²) in [5, 5.41) is 3.64. The molecule has 5 aromatic carbocycles. The highest BCUT2D eigenvalue weighted by Gasteiger charge is 2.27. The number of aromatic nitrogens is 2. The van der Waals surface area contributed by atoms with Gasteiger partial charge in [0, 0.05) is 41.3 Å². The molecule has 0 radical (unpaired) electrons. The number of hydrogen-bond donors (Lipinski definition) is 0. The summed E-state index contributed by atoms with van der Waals surface area (Å²) in [4.78, 5) is 58.9. The highest BCUT2D eigenvalue weighted by Crippen LogP contribution is 2.37. The first-order valence-electron chi connectivity index (χ1n) is 18.0. The summed E-state index contributed by atoms with van der Waals surface area (Å²) in [6.07, 6.45) is 0. The molecule has 4 heterocycles. The number of fused-ring (bicyclic) bond motifs is 9. The second-order valence-corrected chi connectivity index (χ2v) is 19.1. The summed E-state index contributed by atoms with van der Waals surface area (Å²) < 4.78 is 4.79. The molecule has 53 heavy (non-hydrogen) atoms. The summed E-state index contributed by atoms with van der Waals surface area (Å²) >= 11 is 2.17. The van der Waals surface area contributed by atoms with E-state index in [1.54, 1.807) is 0 Å². The van der Waals surface area contributed by atoms with E-state index < -0.39 is 0 Å². The van der Waals surface area contributed by atoms with Crippen LogP contribution in [0.4, 0.5) is 0 Å². The van der Waals surface area contributed by atoms with Crippen LogP contribution in [0.5, 0.6) is 0 Å². The zero-order valence-corrected chi connectivity index (χ0v) is 33.5. The van der Waals surface area contributed by atoms with Gasteiger partial charge in [0.05, 0.1) is 38.5 Å². The molecule has 0 aliphatic heterocycles. The third-order valence-corrected chi connectivity index (χ3v) is 11.9. The second kappa shape index (κ2) is 10.6. The Morgan fingerprint density at radius 1 is 0.396 bits per heavy atom. The van der Waals surface area contributed by atoms with Crippen molar-refractivity contribution in [2.75, 3.05) is 0 Å². The van der Waals surface area contributed by atoms with Crippen LogP contribution in [0.25, 0.3) is 76.2 Å². The third kappa shape index (κ3) is 4.62. The van der Waals surface area contributed by atoms with E-state index in [0.29, 0.717) is 76.2 Å². The fourth-order valence-electron chi connectivity index (χ4n) is 8.30. The van der Waals surface area contributed by atoms with E-state index in [0.717, 1.165) is 20.3 Å². The number of benzene rings is 5. The largest absolute Gasteiger partial charge is 0.307 e. The van der Waals surface area contributed by atoms with Gasteiger partial charge in [0.2, 0.25) is 0 Å². The van der Waals surface area contributed by atoms with Crippen LogP contribution in [0, 0.1) is 3.57 Å². The van der Waals surface area contributed by atoms with E-state index in [2.05, 4.69) is 91.0 Å². The van der Waals surface area contributed by atoms with Crippen LogP contribution in [0.1, 0.15) is 79.0 Å². The minimum Gasteiger partial charge on any atom is -0.307 e. The van der Waals surface area contributed by atoms with Gasteiger partial charge in [-0.15, -0.1) is 0 Å². The minimum atomic E-state index is -0.332. The van der Waals surface area contributed by atoms with Gasteiger partial charge in [-0.25, -0.2) is 0 Å². The van der Waals surface area contributed by atoms with Crippen LogP contribution in [0.3, 0.4) is 0 Å². The van der Waals surface area contributed by atoms with Crippen LogP contribution in [0.15, 0.2) is 92.0 Å². The molecule has 4 aromatic heterocycles. The zero-order chi connectivity index (χ0) is 37.8. The zero-order valence-electron chi connectivity index (χ0n) is 31.3. The second-order valence-electron chi connectivity index (χ2n) is 17.8. The summed E-state index contributed by atoms with van der Waals surface area (Å²) in [5.74, 6) is 0. The molecule has 0 atom stereocenters. The van der Waals surface area contributed by atoms with E-state index in [9.17, 15) is 14.4 Å². The van der Waals surface area contributed by atoms with E-state index in [1.807, 2.05) is 75.5 Å². The average molecular weight is 811 g/mol. The lowest BCUT2D eigenvalue weighted by atomic mass is 9.84. The van der Waals surface area contributed by atoms with E-state index in [-0.39, 0.29) is 38.0 Å². The Kier molecular flexibility index (Phi) is 6.80. The van der Waals surface area contributed by atoms with E-state index in [4.69, 9.17) is 0 Å². The van der Waals surface area contributed by atoms with Gasteiger partial charge in [-0.1, -0.05) is 74.4 Å². The van der Waals surface area contributed by atoms with Crippen LogP contribution in [-0.4, -0.2) is 8.80 Å². The van der Waals surface area contributed by atoms with Crippen LogP contribution in [-0.2, 0) is 16.2 Å². The van der Waals surface area contributed by atoms with Crippen molar-refractivity contribution < 1.29 is 0 Å². The smallest absolute Gasteiger partial charge is 0.199 e. The topological polar surface area (TPSA) is 77.1 Å². The monoisotopic (exact) mass is 810 g/mol. The quantitative estimate of drug-likeness (QED) is 0.0869. The number of halogens is 1. The molecule has 0 amide bonds. The predicted molar refractivity (Wildman–Crippen MR) is 230 cm³/mol. The van der Waals surface area contributed by atoms with Crippen LogP contribution < -0.4 is 21.7 Å². The van der Waals surface area contributed by atoms with Gasteiger partial charge in [0.1, 0.15) is 0 Å². The van der Waals surface area contributed by atoms with Crippen molar-refractivity contribution in [3.05, 3.63) is 134 Å². The third-order valence-electron chi connectivity index (χ3n) is 11.3. The van der Waals surface area contributed by atoms with Crippen molar-refractivity contribution in [1.29, 1.82) is 0 Å². The van der Waals surface area contributed by atoms with Crippen molar-refractivity contribution in [1.82, 2.24) is 8.80 Å². The van der Waals surface area contributed by atoms with Gasteiger partial charge in [0.15, 0.2) is 21.7 Å². The lowest BCUT2D eigenvalue weighted by molar-refractivity contribution is 0.590. The summed E-state index contributed by atoms with van der Waals surface area (Å²) in [5.41, 5.74) is 4.89. The molecular weight excluding hydrogens is 771 g/mol. The Balaban J connectivity index is 1.64. The van der Waals surface area contributed by atoms with Gasteiger partial charge < -0.3 is 8.80 Å². The van der Waals surface area contributed by atoms with Crippen molar-refractivity contribution in [3.63, 3.8) is 0 Å². The molecule has 0 saturated heterocycles. The molecule has 0 fully saturated rings. The molecule has 6 nitrogen and oxygen atoms in total. The molecule has 0 saturated carbocycles. The molecule has 264 valence electrons. The Hall–Kier alpha value is -4.89. The Morgan fingerprint density at radius 3 is 1.30 bits per heavy atom. The highest BCUT2D eigenvalue weighted by molar-refractivity contribution is 14.1. The maximum absolute atomic E-state index is 15.2. The summed E-state index contributed by atoms with van der Waals surface area (Å²) in [6.45, 7) is 19.0. The highest BCUT2D eigenvalue weighted by atomic mass is 127. The van der Waals surface area contributed by atoms with Crippen LogP contribution >= 0.6 is 22.6 Å². The Labute approximate surface area is 318 Å². The van der Waals surface area contributed by atoms with E-state index >= 15 is 4.79 Å². The number of pyridine rings is 4. The normalized spacial score (nSPS) is 13.4. The first-order valence-corrected chi connectivity index (χ1v) is 19.1. The van der Waals surface area contributed by atoms with Crippen molar-refractivity contribution in [3.8, 4) is 0 Å². The maximum Gasteiger partial charge on any atom is 0.199 e.